The van der Waals surface area contributed by atoms with Crippen LogP contribution in [0.1, 0.15) is 0 Å². The molecule has 266 valence electrons. The summed E-state index contributed by atoms with van der Waals surface area (Å²) in [6.45, 7) is 0. The lowest BCUT2D eigenvalue weighted by atomic mass is 9.83. The second-order valence-electron chi connectivity index (χ2n) is 15.3. The molecule has 0 aliphatic heterocycles. The van der Waals surface area contributed by atoms with Crippen LogP contribution >= 0.6 is 0 Å². The highest BCUT2D eigenvalue weighted by Crippen LogP contribution is 2.46. The highest BCUT2D eigenvalue weighted by Gasteiger charge is 2.20. The molecular formula is C56H38Si. The first-order valence-electron chi connectivity index (χ1n) is 19.9. The number of hydrogen-bond donors (Lipinski definition) is 0. The first-order chi connectivity index (χ1) is 28.2. The lowest BCUT2D eigenvalue weighted by Gasteiger charge is -2.20. The third-order valence-corrected chi connectivity index (χ3v) is 13.5. The SMILES string of the molecule is c1ccc([SiH2]c2ccc3c(-c4cc(-c5cccc6ccccc56)cc(-c5cccc6ccccc56)c4)c4ccccc4c(-c4ccc5ccccc5c4)c3c2)cc1. The van der Waals surface area contributed by atoms with Crippen LogP contribution in [0.15, 0.2) is 218 Å². The maximum Gasteiger partial charge on any atom is 0.0875 e. The van der Waals surface area contributed by atoms with Crippen molar-refractivity contribution in [3.05, 3.63) is 218 Å². The summed E-state index contributed by atoms with van der Waals surface area (Å²) in [4.78, 5) is 0. The van der Waals surface area contributed by atoms with Crippen LogP contribution < -0.4 is 10.4 Å². The molecule has 57 heavy (non-hydrogen) atoms. The van der Waals surface area contributed by atoms with Gasteiger partial charge >= 0.3 is 0 Å². The van der Waals surface area contributed by atoms with Gasteiger partial charge in [-0.15, -0.1) is 0 Å². The highest BCUT2D eigenvalue weighted by atomic mass is 28.2. The summed E-state index contributed by atoms with van der Waals surface area (Å²) in [6.07, 6.45) is 0. The number of hydrogen-bond acceptors (Lipinski definition) is 0. The Morgan fingerprint density at radius 3 is 1.37 bits per heavy atom. The normalized spacial score (nSPS) is 11.8. The average molecular weight is 739 g/mol. The molecule has 0 aromatic heterocycles. The summed E-state index contributed by atoms with van der Waals surface area (Å²) >= 11 is 0. The molecule has 0 spiro atoms. The highest BCUT2D eigenvalue weighted by molar-refractivity contribution is 6.67. The molecule has 11 rings (SSSR count). The van der Waals surface area contributed by atoms with Crippen LogP contribution in [0.3, 0.4) is 0 Å². The molecule has 0 saturated heterocycles. The Kier molecular flexibility index (Phi) is 8.12. The van der Waals surface area contributed by atoms with Gasteiger partial charge in [0.1, 0.15) is 0 Å². The molecule has 0 nitrogen and oxygen atoms in total. The predicted molar refractivity (Wildman–Crippen MR) is 250 cm³/mol. The monoisotopic (exact) mass is 738 g/mol. The van der Waals surface area contributed by atoms with Crippen LogP contribution in [0.4, 0.5) is 0 Å². The van der Waals surface area contributed by atoms with Crippen LogP contribution in [-0.2, 0) is 0 Å². The van der Waals surface area contributed by atoms with Crippen molar-refractivity contribution in [2.24, 2.45) is 0 Å². The van der Waals surface area contributed by atoms with Crippen LogP contribution in [0.5, 0.6) is 0 Å². The van der Waals surface area contributed by atoms with Crippen molar-refractivity contribution < 1.29 is 0 Å². The molecule has 0 amide bonds. The fraction of sp³-hybridized carbons (Fsp3) is 0. The van der Waals surface area contributed by atoms with Crippen LogP contribution in [0.25, 0.3) is 98.4 Å². The average Bonchev–Trinajstić information content (AvgIpc) is 3.28. The van der Waals surface area contributed by atoms with Gasteiger partial charge in [-0.1, -0.05) is 204 Å². The van der Waals surface area contributed by atoms with Crippen molar-refractivity contribution >= 4 is 73.8 Å². The summed E-state index contributed by atoms with van der Waals surface area (Å²) < 4.78 is 0. The van der Waals surface area contributed by atoms with Gasteiger partial charge in [-0.3, -0.25) is 0 Å². The molecule has 11 aromatic carbocycles. The molecule has 0 saturated carbocycles. The second-order valence-corrected chi connectivity index (χ2v) is 17.2. The zero-order chi connectivity index (χ0) is 37.7. The van der Waals surface area contributed by atoms with E-state index in [2.05, 4.69) is 218 Å². The molecule has 0 radical (unpaired) electrons. The zero-order valence-corrected chi connectivity index (χ0v) is 32.9. The van der Waals surface area contributed by atoms with E-state index in [0.717, 1.165) is 0 Å². The first-order valence-corrected chi connectivity index (χ1v) is 21.3. The molecule has 0 heterocycles. The molecule has 1 heteroatoms. The Labute approximate surface area is 335 Å². The molecular weight excluding hydrogens is 701 g/mol. The van der Waals surface area contributed by atoms with Crippen molar-refractivity contribution in [1.82, 2.24) is 0 Å². The van der Waals surface area contributed by atoms with E-state index in [4.69, 9.17) is 0 Å². The van der Waals surface area contributed by atoms with Crippen LogP contribution in [-0.4, -0.2) is 9.52 Å². The second kappa shape index (κ2) is 13.9. The minimum absolute atomic E-state index is 0.702. The number of fused-ring (bicyclic) bond motifs is 5. The van der Waals surface area contributed by atoms with E-state index in [1.807, 2.05) is 0 Å². The maximum atomic E-state index is 2.52. The molecule has 11 aromatic rings. The van der Waals surface area contributed by atoms with Gasteiger partial charge in [0.2, 0.25) is 0 Å². The van der Waals surface area contributed by atoms with Gasteiger partial charge in [-0.2, -0.15) is 0 Å². The summed E-state index contributed by atoms with van der Waals surface area (Å²) in [5.41, 5.74) is 9.99. The van der Waals surface area contributed by atoms with E-state index < -0.39 is 9.52 Å². The van der Waals surface area contributed by atoms with Gasteiger partial charge in [0.25, 0.3) is 0 Å². The lowest BCUT2D eigenvalue weighted by molar-refractivity contribution is 1.61. The van der Waals surface area contributed by atoms with Gasteiger partial charge in [0.05, 0.1) is 9.52 Å². The smallest absolute Gasteiger partial charge is 0.0633 e. The van der Waals surface area contributed by atoms with E-state index in [1.54, 1.807) is 0 Å². The van der Waals surface area contributed by atoms with E-state index in [9.17, 15) is 0 Å². The van der Waals surface area contributed by atoms with Gasteiger partial charge < -0.3 is 0 Å². The molecule has 0 unspecified atom stereocenters. The Hall–Kier alpha value is -7.06. The fourth-order valence-electron chi connectivity index (χ4n) is 9.17. The van der Waals surface area contributed by atoms with E-state index in [-0.39, 0.29) is 0 Å². The van der Waals surface area contributed by atoms with Crippen molar-refractivity contribution in [2.45, 2.75) is 0 Å². The third-order valence-electron chi connectivity index (χ3n) is 11.8. The molecule has 0 fully saturated rings. The standard InChI is InChI=1S/C56H38Si/c1-2-20-45(21-3-1)57-46-30-31-53-54(36-46)55(41-29-28-37-14-4-5-17-40(37)32-41)51-24-10-11-25-52(51)56(53)44-34-42(49-26-12-18-38-15-6-8-22-47(38)49)33-43(35-44)50-27-13-19-39-16-7-9-23-48(39)50/h1-36H,57H2. The van der Waals surface area contributed by atoms with E-state index >= 15 is 0 Å². The van der Waals surface area contributed by atoms with Gasteiger partial charge in [-0.25, -0.2) is 0 Å². The maximum absolute atomic E-state index is 2.52. The quantitative estimate of drug-likeness (QED) is 0.118. The molecule has 0 aliphatic rings. The minimum atomic E-state index is -0.702. The van der Waals surface area contributed by atoms with Gasteiger partial charge in [-0.05, 0) is 123 Å². The summed E-state index contributed by atoms with van der Waals surface area (Å²) in [5, 5.41) is 15.6. The predicted octanol–water partition coefficient (Wildman–Crippen LogP) is 13.2. The summed E-state index contributed by atoms with van der Waals surface area (Å²) in [5.74, 6) is 0. The summed E-state index contributed by atoms with van der Waals surface area (Å²) in [6, 6.07) is 81.4. The molecule has 0 bridgehead atoms. The first kappa shape index (κ1) is 33.3. The van der Waals surface area contributed by atoms with E-state index in [0.29, 0.717) is 0 Å². The fourth-order valence-corrected chi connectivity index (χ4v) is 10.7. The van der Waals surface area contributed by atoms with Crippen molar-refractivity contribution in [2.75, 3.05) is 0 Å². The minimum Gasteiger partial charge on any atom is -0.0633 e. The Bertz CT molecular complexity index is 3210. The third kappa shape index (κ3) is 5.92. The Morgan fingerprint density at radius 1 is 0.228 bits per heavy atom. The Balaban J connectivity index is 1.24. The van der Waals surface area contributed by atoms with E-state index in [1.165, 1.54) is 109 Å². The van der Waals surface area contributed by atoms with Crippen LogP contribution in [0, 0.1) is 0 Å². The zero-order valence-electron chi connectivity index (χ0n) is 31.5. The molecule has 0 atom stereocenters. The Morgan fingerprint density at radius 2 is 0.719 bits per heavy atom. The molecule has 0 aliphatic carbocycles. The van der Waals surface area contributed by atoms with Crippen LogP contribution in [0.2, 0.25) is 0 Å². The van der Waals surface area contributed by atoms with Crippen molar-refractivity contribution in [3.63, 3.8) is 0 Å². The van der Waals surface area contributed by atoms with Crippen molar-refractivity contribution in [3.8, 4) is 44.5 Å². The van der Waals surface area contributed by atoms with Crippen molar-refractivity contribution in [1.29, 1.82) is 0 Å². The largest absolute Gasteiger partial charge is 0.0875 e. The molecule has 0 N–H and O–H groups in total. The topological polar surface area (TPSA) is 0 Å². The number of rotatable bonds is 6. The van der Waals surface area contributed by atoms with Gasteiger partial charge in [0, 0.05) is 0 Å². The number of benzene rings is 11. The summed E-state index contributed by atoms with van der Waals surface area (Å²) in [7, 11) is -0.702. The lowest BCUT2D eigenvalue weighted by Crippen LogP contribution is -2.26. The van der Waals surface area contributed by atoms with Gasteiger partial charge in [0.15, 0.2) is 0 Å².